The molecule has 0 aromatic carbocycles. The zero-order valence-electron chi connectivity index (χ0n) is 14.8. The van der Waals surface area contributed by atoms with Crippen molar-refractivity contribution in [2.24, 2.45) is 0 Å². The van der Waals surface area contributed by atoms with Gasteiger partial charge in [-0.1, -0.05) is 52.9 Å². The first-order chi connectivity index (χ1) is 9.45. The molecule has 0 saturated heterocycles. The van der Waals surface area contributed by atoms with Crippen LogP contribution in [0, 0.1) is 0 Å². The standard InChI is InChI=1S/C17H36N2O.ClH/c1-6-9-10-11-12-14-17(4,5)18-16(20)13-15-19(7-2)8-3;/h6-15H2,1-5H3,(H,18,20);1H. The van der Waals surface area contributed by atoms with Crippen molar-refractivity contribution in [3.8, 4) is 0 Å². The van der Waals surface area contributed by atoms with E-state index in [1.165, 1.54) is 32.1 Å². The minimum atomic E-state index is -0.0629. The smallest absolute Gasteiger partial charge is 0.221 e. The lowest BCUT2D eigenvalue weighted by Crippen LogP contribution is -2.44. The highest BCUT2D eigenvalue weighted by molar-refractivity contribution is 5.85. The molecular weight excluding hydrogens is 284 g/mol. The SMILES string of the molecule is CCCCCCCC(C)(C)NC(=O)CCN(CC)CC.Cl. The first kappa shape index (κ1) is 23.0. The van der Waals surface area contributed by atoms with Crippen LogP contribution in [-0.4, -0.2) is 36.0 Å². The maximum absolute atomic E-state index is 12.0. The molecule has 0 heterocycles. The molecule has 0 radical (unpaired) electrons. The monoisotopic (exact) mass is 320 g/mol. The molecule has 0 fully saturated rings. The Kier molecular flexibility index (Phi) is 14.7. The Morgan fingerprint density at radius 1 is 1.00 bits per heavy atom. The van der Waals surface area contributed by atoms with Gasteiger partial charge >= 0.3 is 0 Å². The second-order valence-corrected chi connectivity index (χ2v) is 6.37. The molecule has 3 nitrogen and oxygen atoms in total. The van der Waals surface area contributed by atoms with Crippen molar-refractivity contribution in [2.45, 2.75) is 85.1 Å². The molecule has 0 aromatic rings. The number of unbranched alkanes of at least 4 members (excludes halogenated alkanes) is 4. The predicted octanol–water partition coefficient (Wildman–Crippen LogP) is 4.40. The number of rotatable bonds is 12. The third-order valence-corrected chi connectivity index (χ3v) is 3.93. The van der Waals surface area contributed by atoms with Gasteiger partial charge in [-0.3, -0.25) is 4.79 Å². The number of carbonyl (C=O) groups is 1. The maximum Gasteiger partial charge on any atom is 0.221 e. The molecule has 0 rings (SSSR count). The summed E-state index contributed by atoms with van der Waals surface area (Å²) in [6.45, 7) is 13.7. The van der Waals surface area contributed by atoms with Crippen molar-refractivity contribution in [3.63, 3.8) is 0 Å². The van der Waals surface area contributed by atoms with Gasteiger partial charge in [0, 0.05) is 18.5 Å². The summed E-state index contributed by atoms with van der Waals surface area (Å²) in [6.07, 6.45) is 8.12. The van der Waals surface area contributed by atoms with E-state index in [2.05, 4.69) is 44.8 Å². The molecule has 0 saturated carbocycles. The topological polar surface area (TPSA) is 32.3 Å². The van der Waals surface area contributed by atoms with Crippen LogP contribution in [0.3, 0.4) is 0 Å². The minimum absolute atomic E-state index is 0. The van der Waals surface area contributed by atoms with Crippen molar-refractivity contribution in [2.75, 3.05) is 19.6 Å². The Balaban J connectivity index is 0. The summed E-state index contributed by atoms with van der Waals surface area (Å²) in [5.74, 6) is 0.190. The average Bonchev–Trinajstić information content (AvgIpc) is 2.39. The molecule has 0 atom stereocenters. The highest BCUT2D eigenvalue weighted by Crippen LogP contribution is 2.15. The lowest BCUT2D eigenvalue weighted by Gasteiger charge is -2.27. The molecule has 1 amide bonds. The molecular formula is C17H37ClN2O. The van der Waals surface area contributed by atoms with Crippen LogP contribution in [0.15, 0.2) is 0 Å². The van der Waals surface area contributed by atoms with Gasteiger partial charge in [0.25, 0.3) is 0 Å². The van der Waals surface area contributed by atoms with E-state index in [-0.39, 0.29) is 23.9 Å². The van der Waals surface area contributed by atoms with Crippen LogP contribution in [0.4, 0.5) is 0 Å². The van der Waals surface area contributed by atoms with Gasteiger partial charge in [-0.05, 0) is 33.4 Å². The second-order valence-electron chi connectivity index (χ2n) is 6.37. The van der Waals surface area contributed by atoms with Gasteiger partial charge in [0.1, 0.15) is 0 Å². The zero-order chi connectivity index (χ0) is 15.4. The van der Waals surface area contributed by atoms with E-state index in [0.29, 0.717) is 6.42 Å². The molecule has 128 valence electrons. The van der Waals surface area contributed by atoms with E-state index in [9.17, 15) is 4.79 Å². The Morgan fingerprint density at radius 3 is 2.10 bits per heavy atom. The molecule has 0 spiro atoms. The molecule has 1 N–H and O–H groups in total. The van der Waals surface area contributed by atoms with Gasteiger partial charge in [0.2, 0.25) is 5.91 Å². The number of hydrogen-bond acceptors (Lipinski definition) is 2. The average molecular weight is 321 g/mol. The molecule has 0 aliphatic heterocycles. The lowest BCUT2D eigenvalue weighted by molar-refractivity contribution is -0.123. The van der Waals surface area contributed by atoms with Crippen LogP contribution in [0.25, 0.3) is 0 Å². The Hall–Kier alpha value is -0.280. The fourth-order valence-electron chi connectivity index (χ4n) is 2.47. The number of amides is 1. The quantitative estimate of drug-likeness (QED) is 0.541. The summed E-state index contributed by atoms with van der Waals surface area (Å²) < 4.78 is 0. The Labute approximate surface area is 138 Å². The third-order valence-electron chi connectivity index (χ3n) is 3.93. The van der Waals surface area contributed by atoms with Crippen LogP contribution in [0.1, 0.15) is 79.6 Å². The van der Waals surface area contributed by atoms with E-state index < -0.39 is 0 Å². The highest BCUT2D eigenvalue weighted by Gasteiger charge is 2.19. The van der Waals surface area contributed by atoms with E-state index in [1.807, 2.05) is 0 Å². The highest BCUT2D eigenvalue weighted by atomic mass is 35.5. The number of nitrogens with zero attached hydrogens (tertiary/aromatic N) is 1. The number of hydrogen-bond donors (Lipinski definition) is 1. The van der Waals surface area contributed by atoms with Gasteiger partial charge in [-0.15, -0.1) is 12.4 Å². The van der Waals surface area contributed by atoms with Crippen molar-refractivity contribution in [3.05, 3.63) is 0 Å². The van der Waals surface area contributed by atoms with Crippen molar-refractivity contribution >= 4 is 18.3 Å². The maximum atomic E-state index is 12.0. The summed E-state index contributed by atoms with van der Waals surface area (Å²) in [5, 5.41) is 3.19. The number of halogens is 1. The van der Waals surface area contributed by atoms with Gasteiger partial charge in [-0.25, -0.2) is 0 Å². The zero-order valence-corrected chi connectivity index (χ0v) is 15.7. The minimum Gasteiger partial charge on any atom is -0.351 e. The van der Waals surface area contributed by atoms with Crippen LogP contribution in [-0.2, 0) is 4.79 Å². The second kappa shape index (κ2) is 13.4. The molecule has 0 bridgehead atoms. The number of nitrogens with one attached hydrogen (secondary N) is 1. The van der Waals surface area contributed by atoms with E-state index in [1.54, 1.807) is 0 Å². The Bertz CT molecular complexity index is 253. The van der Waals surface area contributed by atoms with Gasteiger partial charge in [0.15, 0.2) is 0 Å². The lowest BCUT2D eigenvalue weighted by atomic mass is 9.96. The van der Waals surface area contributed by atoms with Crippen LogP contribution < -0.4 is 5.32 Å². The molecule has 0 aliphatic carbocycles. The number of carbonyl (C=O) groups excluding carboxylic acids is 1. The molecule has 0 aromatic heterocycles. The van der Waals surface area contributed by atoms with Crippen LogP contribution >= 0.6 is 12.4 Å². The first-order valence-corrected chi connectivity index (χ1v) is 8.48. The summed E-state index contributed by atoms with van der Waals surface area (Å²) >= 11 is 0. The summed E-state index contributed by atoms with van der Waals surface area (Å²) in [5.41, 5.74) is -0.0629. The van der Waals surface area contributed by atoms with Gasteiger partial charge in [-0.2, -0.15) is 0 Å². The summed E-state index contributed by atoms with van der Waals surface area (Å²) in [4.78, 5) is 14.3. The third kappa shape index (κ3) is 13.1. The van der Waals surface area contributed by atoms with Crippen molar-refractivity contribution in [1.82, 2.24) is 10.2 Å². The summed E-state index contributed by atoms with van der Waals surface area (Å²) in [7, 11) is 0. The van der Waals surface area contributed by atoms with E-state index in [0.717, 1.165) is 26.1 Å². The van der Waals surface area contributed by atoms with E-state index >= 15 is 0 Å². The predicted molar refractivity (Wildman–Crippen MR) is 95.3 cm³/mol. The molecule has 21 heavy (non-hydrogen) atoms. The van der Waals surface area contributed by atoms with E-state index in [4.69, 9.17) is 0 Å². The summed E-state index contributed by atoms with van der Waals surface area (Å²) in [6, 6.07) is 0. The first-order valence-electron chi connectivity index (χ1n) is 8.48. The molecule has 0 aliphatic rings. The van der Waals surface area contributed by atoms with Crippen LogP contribution in [0.5, 0.6) is 0 Å². The molecule has 0 unspecified atom stereocenters. The molecule has 4 heteroatoms. The van der Waals surface area contributed by atoms with Crippen LogP contribution in [0.2, 0.25) is 0 Å². The fourth-order valence-corrected chi connectivity index (χ4v) is 2.47. The largest absolute Gasteiger partial charge is 0.351 e. The van der Waals surface area contributed by atoms with Gasteiger partial charge < -0.3 is 10.2 Å². The fraction of sp³-hybridized carbons (Fsp3) is 0.941. The van der Waals surface area contributed by atoms with Gasteiger partial charge in [0.05, 0.1) is 0 Å². The van der Waals surface area contributed by atoms with Crippen molar-refractivity contribution < 1.29 is 4.79 Å². The Morgan fingerprint density at radius 2 is 1.57 bits per heavy atom. The normalized spacial score (nSPS) is 11.3. The van der Waals surface area contributed by atoms with Crippen molar-refractivity contribution in [1.29, 1.82) is 0 Å².